The predicted octanol–water partition coefficient (Wildman–Crippen LogP) is 3.70. The summed E-state index contributed by atoms with van der Waals surface area (Å²) in [5.41, 5.74) is 0.968. The van der Waals surface area contributed by atoms with Crippen molar-refractivity contribution in [1.82, 2.24) is 10.6 Å². The maximum atomic E-state index is 12.9. The van der Waals surface area contributed by atoms with Gasteiger partial charge in [-0.05, 0) is 43.2 Å². The number of ether oxygens (including phenoxy) is 1. The fraction of sp³-hybridized carbons (Fsp3) is 0.389. The first kappa shape index (κ1) is 21.4. The van der Waals surface area contributed by atoms with Crippen LogP contribution < -0.4 is 10.6 Å². The largest absolute Gasteiger partial charge is 0.467 e. The summed E-state index contributed by atoms with van der Waals surface area (Å²) in [5.74, 6) is 1.34. The van der Waals surface area contributed by atoms with Crippen molar-refractivity contribution in [1.29, 1.82) is 0 Å². The molecule has 0 bridgehead atoms. The molecule has 0 saturated heterocycles. The van der Waals surface area contributed by atoms with Crippen molar-refractivity contribution in [2.75, 3.05) is 19.7 Å². The van der Waals surface area contributed by atoms with Crippen LogP contribution in [0.15, 0.2) is 52.1 Å². The average molecular weight is 461 g/mol. The van der Waals surface area contributed by atoms with Crippen LogP contribution >= 0.6 is 24.0 Å². The van der Waals surface area contributed by atoms with E-state index in [9.17, 15) is 4.39 Å². The molecule has 0 atom stereocenters. The van der Waals surface area contributed by atoms with Crippen LogP contribution in [0, 0.1) is 5.82 Å². The zero-order valence-electron chi connectivity index (χ0n) is 14.3. The number of benzene rings is 1. The number of furan rings is 1. The molecule has 2 aromatic rings. The fourth-order valence-electron chi connectivity index (χ4n) is 2.05. The van der Waals surface area contributed by atoms with E-state index in [4.69, 9.17) is 9.15 Å². The molecule has 1 aromatic carbocycles. The minimum atomic E-state index is -0.234. The van der Waals surface area contributed by atoms with E-state index in [0.29, 0.717) is 19.8 Å². The van der Waals surface area contributed by atoms with Crippen molar-refractivity contribution in [2.24, 2.45) is 4.99 Å². The molecule has 1 aromatic heterocycles. The lowest BCUT2D eigenvalue weighted by molar-refractivity contribution is 0.105. The Labute approximate surface area is 165 Å². The van der Waals surface area contributed by atoms with Crippen LogP contribution in [0.1, 0.15) is 24.7 Å². The highest BCUT2D eigenvalue weighted by Gasteiger charge is 1.99. The Kier molecular flexibility index (Phi) is 10.9. The number of halogens is 2. The monoisotopic (exact) mass is 461 g/mol. The van der Waals surface area contributed by atoms with Crippen LogP contribution in [0.4, 0.5) is 4.39 Å². The van der Waals surface area contributed by atoms with E-state index in [1.807, 2.05) is 19.1 Å². The molecule has 138 valence electrons. The third kappa shape index (κ3) is 8.87. The smallest absolute Gasteiger partial charge is 0.191 e. The first-order valence-electron chi connectivity index (χ1n) is 8.14. The molecule has 1 heterocycles. The van der Waals surface area contributed by atoms with E-state index in [1.54, 1.807) is 18.4 Å². The molecule has 0 aliphatic rings. The predicted molar refractivity (Wildman–Crippen MR) is 108 cm³/mol. The number of hydrogen-bond donors (Lipinski definition) is 2. The Morgan fingerprint density at radius 2 is 2.00 bits per heavy atom. The molecule has 0 unspecified atom stereocenters. The van der Waals surface area contributed by atoms with Gasteiger partial charge in [-0.25, -0.2) is 9.38 Å². The Morgan fingerprint density at radius 1 is 1.20 bits per heavy atom. The number of rotatable bonds is 9. The number of guanidine groups is 1. The summed E-state index contributed by atoms with van der Waals surface area (Å²) in [6.07, 6.45) is 2.50. The lowest BCUT2D eigenvalue weighted by Crippen LogP contribution is -2.38. The van der Waals surface area contributed by atoms with Crippen LogP contribution in [0.3, 0.4) is 0 Å². The van der Waals surface area contributed by atoms with Gasteiger partial charge in [-0.3, -0.25) is 0 Å². The maximum absolute atomic E-state index is 12.9. The Balaban J connectivity index is 0.00000312. The van der Waals surface area contributed by atoms with Gasteiger partial charge in [0.05, 0.1) is 12.8 Å². The van der Waals surface area contributed by atoms with Crippen LogP contribution in [0.25, 0.3) is 0 Å². The van der Waals surface area contributed by atoms with Gasteiger partial charge in [0.1, 0.15) is 18.2 Å². The molecule has 2 rings (SSSR count). The molecule has 0 saturated carbocycles. The number of hydrogen-bond acceptors (Lipinski definition) is 3. The van der Waals surface area contributed by atoms with E-state index < -0.39 is 0 Å². The topological polar surface area (TPSA) is 58.8 Å². The first-order chi connectivity index (χ1) is 11.8. The third-order valence-electron chi connectivity index (χ3n) is 3.26. The summed E-state index contributed by atoms with van der Waals surface area (Å²) in [6.45, 7) is 5.20. The average Bonchev–Trinajstić information content (AvgIpc) is 3.10. The van der Waals surface area contributed by atoms with Crippen LogP contribution in [0.5, 0.6) is 0 Å². The Bertz CT molecular complexity index is 603. The molecule has 5 nitrogen and oxygen atoms in total. The van der Waals surface area contributed by atoms with E-state index in [0.717, 1.165) is 36.8 Å². The molecule has 0 aliphatic carbocycles. The lowest BCUT2D eigenvalue weighted by atomic mass is 10.2. The Hall–Kier alpha value is -1.61. The highest BCUT2D eigenvalue weighted by molar-refractivity contribution is 14.0. The van der Waals surface area contributed by atoms with Crippen molar-refractivity contribution in [2.45, 2.75) is 26.5 Å². The lowest BCUT2D eigenvalue weighted by Gasteiger charge is -2.11. The molecule has 0 fully saturated rings. The van der Waals surface area contributed by atoms with Gasteiger partial charge in [0.25, 0.3) is 0 Å². The van der Waals surface area contributed by atoms with Crippen molar-refractivity contribution in [3.05, 3.63) is 59.8 Å². The normalized spacial score (nSPS) is 11.0. The number of nitrogens with zero attached hydrogens (tertiary/aromatic N) is 1. The second-order valence-corrected chi connectivity index (χ2v) is 5.23. The van der Waals surface area contributed by atoms with Gasteiger partial charge in [0.2, 0.25) is 0 Å². The van der Waals surface area contributed by atoms with Gasteiger partial charge < -0.3 is 19.8 Å². The number of nitrogens with one attached hydrogen (secondary N) is 2. The minimum Gasteiger partial charge on any atom is -0.467 e. The Morgan fingerprint density at radius 3 is 2.68 bits per heavy atom. The summed E-state index contributed by atoms with van der Waals surface area (Å²) in [5, 5.41) is 6.44. The molecule has 25 heavy (non-hydrogen) atoms. The van der Waals surface area contributed by atoms with Crippen LogP contribution in [0.2, 0.25) is 0 Å². The van der Waals surface area contributed by atoms with E-state index in [1.165, 1.54) is 12.1 Å². The van der Waals surface area contributed by atoms with Gasteiger partial charge >= 0.3 is 0 Å². The van der Waals surface area contributed by atoms with Crippen molar-refractivity contribution in [3.63, 3.8) is 0 Å². The second kappa shape index (κ2) is 12.7. The molecule has 7 heteroatoms. The molecule has 0 amide bonds. The molecule has 0 radical (unpaired) electrons. The van der Waals surface area contributed by atoms with Gasteiger partial charge in [-0.2, -0.15) is 0 Å². The summed E-state index contributed by atoms with van der Waals surface area (Å²) >= 11 is 0. The van der Waals surface area contributed by atoms with Crippen LogP contribution in [-0.4, -0.2) is 25.7 Å². The zero-order chi connectivity index (χ0) is 17.0. The van der Waals surface area contributed by atoms with Crippen molar-refractivity contribution >= 4 is 29.9 Å². The number of aliphatic imine (C=N–C) groups is 1. The van der Waals surface area contributed by atoms with Crippen molar-refractivity contribution < 1.29 is 13.5 Å². The fourth-order valence-corrected chi connectivity index (χ4v) is 2.05. The second-order valence-electron chi connectivity index (χ2n) is 5.23. The van der Waals surface area contributed by atoms with Gasteiger partial charge in [-0.1, -0.05) is 12.1 Å². The summed E-state index contributed by atoms with van der Waals surface area (Å²) < 4.78 is 23.6. The van der Waals surface area contributed by atoms with E-state index >= 15 is 0 Å². The summed E-state index contributed by atoms with van der Waals surface area (Å²) in [4.78, 5) is 4.49. The van der Waals surface area contributed by atoms with E-state index in [-0.39, 0.29) is 29.8 Å². The highest BCUT2D eigenvalue weighted by Crippen LogP contribution is 2.04. The standard InChI is InChI=1S/C18H24FN3O2.HI/c1-2-20-18(22-13-15-6-8-16(19)9-7-15)21-10-4-11-23-14-17-5-3-12-24-17;/h3,5-9,12H,2,4,10-11,13-14H2,1H3,(H2,20,21,22);1H. The zero-order valence-corrected chi connectivity index (χ0v) is 16.7. The molecule has 2 N–H and O–H groups in total. The molecule has 0 aliphatic heterocycles. The quantitative estimate of drug-likeness (QED) is 0.259. The molecular weight excluding hydrogens is 436 g/mol. The maximum Gasteiger partial charge on any atom is 0.191 e. The van der Waals surface area contributed by atoms with Crippen molar-refractivity contribution in [3.8, 4) is 0 Å². The highest BCUT2D eigenvalue weighted by atomic mass is 127. The molecular formula is C18H25FIN3O2. The van der Waals surface area contributed by atoms with Gasteiger partial charge in [0, 0.05) is 19.7 Å². The van der Waals surface area contributed by atoms with Crippen LogP contribution in [-0.2, 0) is 17.9 Å². The summed E-state index contributed by atoms with van der Waals surface area (Å²) in [6, 6.07) is 10.1. The first-order valence-corrected chi connectivity index (χ1v) is 8.14. The third-order valence-corrected chi connectivity index (χ3v) is 3.26. The molecule has 0 spiro atoms. The minimum absolute atomic E-state index is 0. The SMILES string of the molecule is CCNC(=NCc1ccc(F)cc1)NCCCOCc1ccco1.I. The van der Waals surface area contributed by atoms with E-state index in [2.05, 4.69) is 15.6 Å². The van der Waals surface area contributed by atoms with Gasteiger partial charge in [-0.15, -0.1) is 24.0 Å². The summed E-state index contributed by atoms with van der Waals surface area (Å²) in [7, 11) is 0. The van der Waals surface area contributed by atoms with Gasteiger partial charge in [0.15, 0.2) is 5.96 Å².